The average molecular weight is 341 g/mol. The lowest BCUT2D eigenvalue weighted by atomic mass is 10.1. The smallest absolute Gasteiger partial charge is 0.127 e. The second-order valence-electron chi connectivity index (χ2n) is 5.63. The summed E-state index contributed by atoms with van der Waals surface area (Å²) >= 11 is 3.61. The van der Waals surface area contributed by atoms with Crippen LogP contribution in [-0.2, 0) is 13.0 Å². The molecule has 0 saturated heterocycles. The van der Waals surface area contributed by atoms with Crippen LogP contribution < -0.4 is 10.1 Å². The van der Waals surface area contributed by atoms with Gasteiger partial charge in [0.15, 0.2) is 0 Å². The standard InChI is InChI=1S/C16H25BrN2O/c1-4-19(7-6-18-12(2)3)11-14-10-15(17)9-13-5-8-20-16(13)14/h9-10,12,18H,4-8,11H2,1-3H3. The summed E-state index contributed by atoms with van der Waals surface area (Å²) in [6.07, 6.45) is 1.03. The van der Waals surface area contributed by atoms with Crippen molar-refractivity contribution in [1.29, 1.82) is 0 Å². The lowest BCUT2D eigenvalue weighted by molar-refractivity contribution is 0.269. The van der Waals surface area contributed by atoms with E-state index in [0.717, 1.165) is 49.4 Å². The summed E-state index contributed by atoms with van der Waals surface area (Å²) in [6, 6.07) is 4.93. The number of likely N-dealkylation sites (N-methyl/N-ethyl adjacent to an activating group) is 1. The van der Waals surface area contributed by atoms with Gasteiger partial charge in [0.2, 0.25) is 0 Å². The first-order valence-corrected chi connectivity index (χ1v) is 8.29. The molecular weight excluding hydrogens is 316 g/mol. The number of fused-ring (bicyclic) bond motifs is 1. The van der Waals surface area contributed by atoms with E-state index >= 15 is 0 Å². The molecule has 0 fully saturated rings. The van der Waals surface area contributed by atoms with Gasteiger partial charge >= 0.3 is 0 Å². The first-order valence-electron chi connectivity index (χ1n) is 7.50. The van der Waals surface area contributed by atoms with Crippen LogP contribution in [0.1, 0.15) is 31.9 Å². The van der Waals surface area contributed by atoms with E-state index in [0.29, 0.717) is 6.04 Å². The highest BCUT2D eigenvalue weighted by Gasteiger charge is 2.18. The first-order chi connectivity index (χ1) is 9.60. The maximum Gasteiger partial charge on any atom is 0.127 e. The summed E-state index contributed by atoms with van der Waals surface area (Å²) in [5.74, 6) is 1.11. The fraction of sp³-hybridized carbons (Fsp3) is 0.625. The number of halogens is 1. The Morgan fingerprint density at radius 2 is 2.20 bits per heavy atom. The summed E-state index contributed by atoms with van der Waals surface area (Å²) in [4.78, 5) is 2.46. The average Bonchev–Trinajstić information content (AvgIpc) is 2.85. The van der Waals surface area contributed by atoms with E-state index in [9.17, 15) is 0 Å². The minimum absolute atomic E-state index is 0.548. The Bertz CT molecular complexity index is 448. The predicted octanol–water partition coefficient (Wildman–Crippen LogP) is 3.20. The zero-order valence-corrected chi connectivity index (χ0v) is 14.3. The van der Waals surface area contributed by atoms with Gasteiger partial charge < -0.3 is 10.1 Å². The van der Waals surface area contributed by atoms with E-state index in [4.69, 9.17) is 4.74 Å². The second-order valence-corrected chi connectivity index (χ2v) is 6.54. The van der Waals surface area contributed by atoms with Crippen molar-refractivity contribution < 1.29 is 4.74 Å². The third-order valence-corrected chi connectivity index (χ3v) is 4.10. The van der Waals surface area contributed by atoms with Crippen molar-refractivity contribution in [3.05, 3.63) is 27.7 Å². The molecule has 1 aromatic carbocycles. The molecule has 1 N–H and O–H groups in total. The molecule has 0 atom stereocenters. The van der Waals surface area contributed by atoms with Crippen molar-refractivity contribution in [2.75, 3.05) is 26.2 Å². The number of nitrogens with zero attached hydrogens (tertiary/aromatic N) is 1. The van der Waals surface area contributed by atoms with Crippen molar-refractivity contribution in [2.24, 2.45) is 0 Å². The van der Waals surface area contributed by atoms with Crippen LogP contribution in [0.25, 0.3) is 0 Å². The maximum absolute atomic E-state index is 5.81. The Morgan fingerprint density at radius 1 is 1.40 bits per heavy atom. The molecule has 20 heavy (non-hydrogen) atoms. The van der Waals surface area contributed by atoms with Gasteiger partial charge in [-0.05, 0) is 24.2 Å². The van der Waals surface area contributed by atoms with Crippen molar-refractivity contribution in [2.45, 2.75) is 39.8 Å². The molecule has 3 nitrogen and oxygen atoms in total. The molecule has 0 unspecified atom stereocenters. The van der Waals surface area contributed by atoms with Crippen LogP contribution in [0.3, 0.4) is 0 Å². The number of benzene rings is 1. The summed E-state index contributed by atoms with van der Waals surface area (Å²) in [6.45, 7) is 11.5. The zero-order chi connectivity index (χ0) is 14.5. The Morgan fingerprint density at radius 3 is 2.90 bits per heavy atom. The number of hydrogen-bond acceptors (Lipinski definition) is 3. The molecular formula is C16H25BrN2O. The third-order valence-electron chi connectivity index (χ3n) is 3.65. The van der Waals surface area contributed by atoms with Gasteiger partial charge in [-0.1, -0.05) is 36.7 Å². The van der Waals surface area contributed by atoms with Crippen LogP contribution in [0.15, 0.2) is 16.6 Å². The van der Waals surface area contributed by atoms with Crippen LogP contribution in [-0.4, -0.2) is 37.2 Å². The molecule has 2 rings (SSSR count). The summed E-state index contributed by atoms with van der Waals surface area (Å²) in [5, 5.41) is 3.48. The number of nitrogens with one attached hydrogen (secondary N) is 1. The highest BCUT2D eigenvalue weighted by Crippen LogP contribution is 2.33. The van der Waals surface area contributed by atoms with E-state index < -0.39 is 0 Å². The van der Waals surface area contributed by atoms with E-state index in [2.05, 4.69) is 59.1 Å². The van der Waals surface area contributed by atoms with Crippen LogP contribution in [0.4, 0.5) is 0 Å². The van der Waals surface area contributed by atoms with Crippen molar-refractivity contribution in [1.82, 2.24) is 10.2 Å². The molecule has 0 saturated carbocycles. The maximum atomic E-state index is 5.81. The molecule has 112 valence electrons. The van der Waals surface area contributed by atoms with Crippen LogP contribution in [0, 0.1) is 0 Å². The fourth-order valence-electron chi connectivity index (χ4n) is 2.56. The number of rotatable bonds is 7. The van der Waals surface area contributed by atoms with Gasteiger partial charge in [-0.15, -0.1) is 0 Å². The summed E-state index contributed by atoms with van der Waals surface area (Å²) in [7, 11) is 0. The number of ether oxygens (including phenoxy) is 1. The predicted molar refractivity (Wildman–Crippen MR) is 87.4 cm³/mol. The lowest BCUT2D eigenvalue weighted by Gasteiger charge is -2.22. The van der Waals surface area contributed by atoms with Gasteiger partial charge in [0, 0.05) is 42.1 Å². The van der Waals surface area contributed by atoms with Gasteiger partial charge in [0.1, 0.15) is 5.75 Å². The van der Waals surface area contributed by atoms with E-state index in [1.54, 1.807) is 0 Å². The fourth-order valence-corrected chi connectivity index (χ4v) is 3.12. The molecule has 1 aliphatic heterocycles. The molecule has 1 heterocycles. The Balaban J connectivity index is 2.00. The van der Waals surface area contributed by atoms with Gasteiger partial charge in [-0.3, -0.25) is 4.90 Å². The van der Waals surface area contributed by atoms with Crippen LogP contribution in [0.5, 0.6) is 5.75 Å². The highest BCUT2D eigenvalue weighted by atomic mass is 79.9. The molecule has 0 radical (unpaired) electrons. The largest absolute Gasteiger partial charge is 0.493 e. The van der Waals surface area contributed by atoms with E-state index in [1.807, 2.05) is 0 Å². The zero-order valence-electron chi connectivity index (χ0n) is 12.7. The first kappa shape index (κ1) is 15.8. The molecule has 1 aliphatic rings. The minimum atomic E-state index is 0.548. The quantitative estimate of drug-likeness (QED) is 0.824. The van der Waals surface area contributed by atoms with Crippen molar-refractivity contribution >= 4 is 15.9 Å². The lowest BCUT2D eigenvalue weighted by Crippen LogP contribution is -2.34. The molecule has 4 heteroatoms. The second kappa shape index (κ2) is 7.43. The molecule has 0 aliphatic carbocycles. The van der Waals surface area contributed by atoms with E-state index in [-0.39, 0.29) is 0 Å². The number of hydrogen-bond donors (Lipinski definition) is 1. The van der Waals surface area contributed by atoms with E-state index in [1.165, 1.54) is 11.1 Å². The molecule has 0 spiro atoms. The van der Waals surface area contributed by atoms with Crippen molar-refractivity contribution in [3.63, 3.8) is 0 Å². The highest BCUT2D eigenvalue weighted by molar-refractivity contribution is 9.10. The summed E-state index contributed by atoms with van der Waals surface area (Å²) < 4.78 is 6.97. The SMILES string of the molecule is CCN(CCNC(C)C)Cc1cc(Br)cc2c1OCC2. The van der Waals surface area contributed by atoms with Crippen molar-refractivity contribution in [3.8, 4) is 5.75 Å². The van der Waals surface area contributed by atoms with Gasteiger partial charge in [-0.2, -0.15) is 0 Å². The Labute approximate surface area is 130 Å². The molecule has 0 amide bonds. The Hall–Kier alpha value is -0.580. The van der Waals surface area contributed by atoms with Gasteiger partial charge in [0.05, 0.1) is 6.61 Å². The summed E-state index contributed by atoms with van der Waals surface area (Å²) in [5.41, 5.74) is 2.64. The Kier molecular flexibility index (Phi) is 5.87. The minimum Gasteiger partial charge on any atom is -0.493 e. The molecule has 0 bridgehead atoms. The van der Waals surface area contributed by atoms with Gasteiger partial charge in [-0.25, -0.2) is 0 Å². The van der Waals surface area contributed by atoms with Gasteiger partial charge in [0.25, 0.3) is 0 Å². The van der Waals surface area contributed by atoms with Crippen LogP contribution >= 0.6 is 15.9 Å². The monoisotopic (exact) mass is 340 g/mol. The molecule has 0 aromatic heterocycles. The normalized spacial score (nSPS) is 13.9. The topological polar surface area (TPSA) is 24.5 Å². The van der Waals surface area contributed by atoms with Crippen LogP contribution in [0.2, 0.25) is 0 Å². The molecule has 1 aromatic rings. The third kappa shape index (κ3) is 4.21.